The fraction of sp³-hybridized carbons (Fsp3) is 0.353. The highest BCUT2D eigenvalue weighted by Crippen LogP contribution is 2.17. The van der Waals surface area contributed by atoms with Crippen LogP contribution in [0.5, 0.6) is 0 Å². The number of hydrogen-bond donors (Lipinski definition) is 1. The molecule has 0 aliphatic carbocycles. The highest BCUT2D eigenvalue weighted by molar-refractivity contribution is 7.13. The van der Waals surface area contributed by atoms with Gasteiger partial charge in [-0.1, -0.05) is 35.5 Å². The Kier molecular flexibility index (Phi) is 5.92. The molecule has 0 unspecified atom stereocenters. The SMILES string of the molecule is C/C(=N/OCc1csc(NC(=O)OC(C)(C)C)n1)c1ccccc1. The summed E-state index contributed by atoms with van der Waals surface area (Å²) in [4.78, 5) is 21.3. The molecule has 0 fully saturated rings. The van der Waals surface area contributed by atoms with Crippen LogP contribution in [-0.4, -0.2) is 22.4 Å². The average Bonchev–Trinajstić information content (AvgIpc) is 2.93. The number of thiazole rings is 1. The molecular weight excluding hydrogens is 326 g/mol. The van der Waals surface area contributed by atoms with Crippen molar-refractivity contribution in [3.05, 3.63) is 47.0 Å². The topological polar surface area (TPSA) is 72.8 Å². The maximum absolute atomic E-state index is 11.7. The summed E-state index contributed by atoms with van der Waals surface area (Å²) in [5, 5.41) is 8.95. The molecule has 0 saturated carbocycles. The van der Waals surface area contributed by atoms with Gasteiger partial charge in [-0.2, -0.15) is 0 Å². The lowest BCUT2D eigenvalue weighted by Gasteiger charge is -2.18. The molecule has 24 heavy (non-hydrogen) atoms. The van der Waals surface area contributed by atoms with Crippen LogP contribution in [0, 0.1) is 0 Å². The van der Waals surface area contributed by atoms with E-state index in [9.17, 15) is 4.79 Å². The second-order valence-corrected chi connectivity index (χ2v) is 6.95. The van der Waals surface area contributed by atoms with Crippen molar-refractivity contribution in [1.29, 1.82) is 0 Å². The molecule has 0 bridgehead atoms. The number of carbonyl (C=O) groups excluding carboxylic acids is 1. The first-order valence-electron chi connectivity index (χ1n) is 7.50. The molecule has 6 nitrogen and oxygen atoms in total. The monoisotopic (exact) mass is 347 g/mol. The quantitative estimate of drug-likeness (QED) is 0.641. The lowest BCUT2D eigenvalue weighted by Crippen LogP contribution is -2.27. The number of oxime groups is 1. The highest BCUT2D eigenvalue weighted by Gasteiger charge is 2.17. The molecule has 0 atom stereocenters. The summed E-state index contributed by atoms with van der Waals surface area (Å²) in [5.41, 5.74) is 1.94. The number of carbonyl (C=O) groups is 1. The van der Waals surface area contributed by atoms with E-state index in [2.05, 4.69) is 15.5 Å². The first kappa shape index (κ1) is 17.9. The Morgan fingerprint density at radius 3 is 2.67 bits per heavy atom. The number of nitrogens with one attached hydrogen (secondary N) is 1. The van der Waals surface area contributed by atoms with Crippen LogP contribution in [0.15, 0.2) is 40.9 Å². The fourth-order valence-corrected chi connectivity index (χ4v) is 2.43. The third-order valence-corrected chi connectivity index (χ3v) is 3.57. The van der Waals surface area contributed by atoms with E-state index in [0.717, 1.165) is 11.3 Å². The van der Waals surface area contributed by atoms with Crippen molar-refractivity contribution in [3.63, 3.8) is 0 Å². The van der Waals surface area contributed by atoms with E-state index >= 15 is 0 Å². The first-order valence-corrected chi connectivity index (χ1v) is 8.38. The second kappa shape index (κ2) is 7.92. The molecule has 2 rings (SSSR count). The molecule has 7 heteroatoms. The van der Waals surface area contributed by atoms with Crippen LogP contribution in [0.4, 0.5) is 9.93 Å². The van der Waals surface area contributed by atoms with Crippen molar-refractivity contribution in [2.45, 2.75) is 39.9 Å². The largest absolute Gasteiger partial charge is 0.444 e. The summed E-state index contributed by atoms with van der Waals surface area (Å²) in [5.74, 6) is 0. The van der Waals surface area contributed by atoms with Gasteiger partial charge in [0.05, 0.1) is 11.4 Å². The van der Waals surface area contributed by atoms with E-state index in [1.54, 1.807) is 26.2 Å². The smallest absolute Gasteiger partial charge is 0.413 e. The second-order valence-electron chi connectivity index (χ2n) is 6.09. The molecule has 128 valence electrons. The normalized spacial score (nSPS) is 11.9. The predicted octanol–water partition coefficient (Wildman–Crippen LogP) is 4.43. The Hall–Kier alpha value is -2.41. The predicted molar refractivity (Wildman–Crippen MR) is 95.4 cm³/mol. The van der Waals surface area contributed by atoms with Gasteiger partial charge >= 0.3 is 6.09 Å². The summed E-state index contributed by atoms with van der Waals surface area (Å²) in [6.45, 7) is 7.53. The van der Waals surface area contributed by atoms with Crippen LogP contribution >= 0.6 is 11.3 Å². The molecule has 1 amide bonds. The molecule has 1 aromatic carbocycles. The average molecular weight is 347 g/mol. The van der Waals surface area contributed by atoms with E-state index in [1.165, 1.54) is 11.3 Å². The zero-order chi connectivity index (χ0) is 17.6. The van der Waals surface area contributed by atoms with Crippen LogP contribution in [-0.2, 0) is 16.2 Å². The van der Waals surface area contributed by atoms with Crippen LogP contribution < -0.4 is 5.32 Å². The molecule has 0 aliphatic heterocycles. The molecule has 0 spiro atoms. The van der Waals surface area contributed by atoms with Crippen molar-refractivity contribution in [2.24, 2.45) is 5.16 Å². The Labute approximate surface area is 145 Å². The van der Waals surface area contributed by atoms with Crippen molar-refractivity contribution in [2.75, 3.05) is 5.32 Å². The van der Waals surface area contributed by atoms with E-state index in [1.807, 2.05) is 37.3 Å². The lowest BCUT2D eigenvalue weighted by atomic mass is 10.1. The number of nitrogens with zero attached hydrogens (tertiary/aromatic N) is 2. The van der Waals surface area contributed by atoms with Gasteiger partial charge < -0.3 is 9.57 Å². The highest BCUT2D eigenvalue weighted by atomic mass is 32.1. The lowest BCUT2D eigenvalue weighted by molar-refractivity contribution is 0.0636. The van der Waals surface area contributed by atoms with Crippen molar-refractivity contribution in [3.8, 4) is 0 Å². The number of ether oxygens (including phenoxy) is 1. The summed E-state index contributed by atoms with van der Waals surface area (Å²) in [7, 11) is 0. The van der Waals surface area contributed by atoms with Crippen molar-refractivity contribution in [1.82, 2.24) is 4.98 Å². The van der Waals surface area contributed by atoms with Crippen LogP contribution in [0.3, 0.4) is 0 Å². The Morgan fingerprint density at radius 1 is 1.29 bits per heavy atom. The van der Waals surface area contributed by atoms with Gasteiger partial charge in [0.25, 0.3) is 0 Å². The van der Waals surface area contributed by atoms with Crippen LogP contribution in [0.25, 0.3) is 0 Å². The van der Waals surface area contributed by atoms with E-state index in [-0.39, 0.29) is 6.61 Å². The number of rotatable bonds is 5. The van der Waals surface area contributed by atoms with E-state index in [4.69, 9.17) is 9.57 Å². The molecule has 1 heterocycles. The molecule has 0 saturated heterocycles. The maximum atomic E-state index is 11.7. The number of amides is 1. The first-order chi connectivity index (χ1) is 11.3. The summed E-state index contributed by atoms with van der Waals surface area (Å²) in [6.07, 6.45) is -0.526. The third kappa shape index (κ3) is 6.00. The molecular formula is C17H21N3O3S. The minimum atomic E-state index is -0.545. The molecule has 1 N–H and O–H groups in total. The standard InChI is InChI=1S/C17H21N3O3S/c1-12(13-8-6-5-7-9-13)20-22-10-14-11-24-15(18-14)19-16(21)23-17(2,3)4/h5-9,11H,10H2,1-4H3,(H,18,19,21)/b20-12-. The number of anilines is 1. The zero-order valence-corrected chi connectivity index (χ0v) is 15.0. The van der Waals surface area contributed by atoms with E-state index in [0.29, 0.717) is 10.8 Å². The summed E-state index contributed by atoms with van der Waals surface area (Å²) < 4.78 is 5.18. The maximum Gasteiger partial charge on any atom is 0.413 e. The summed E-state index contributed by atoms with van der Waals surface area (Å²) >= 11 is 1.31. The molecule has 2 aromatic rings. The number of aromatic nitrogens is 1. The van der Waals surface area contributed by atoms with Gasteiger partial charge in [0, 0.05) is 5.38 Å². The van der Waals surface area contributed by atoms with Gasteiger partial charge in [-0.25, -0.2) is 9.78 Å². The van der Waals surface area contributed by atoms with Gasteiger partial charge in [0.2, 0.25) is 0 Å². The molecule has 1 aromatic heterocycles. The van der Waals surface area contributed by atoms with Gasteiger partial charge in [-0.15, -0.1) is 11.3 Å². The molecule has 0 aliphatic rings. The zero-order valence-electron chi connectivity index (χ0n) is 14.2. The van der Waals surface area contributed by atoms with Gasteiger partial charge in [0.1, 0.15) is 5.60 Å². The number of hydrogen-bond acceptors (Lipinski definition) is 6. The van der Waals surface area contributed by atoms with Crippen molar-refractivity contribution >= 4 is 28.3 Å². The van der Waals surface area contributed by atoms with Gasteiger partial charge in [-0.05, 0) is 33.3 Å². The Morgan fingerprint density at radius 2 is 2.00 bits per heavy atom. The third-order valence-electron chi connectivity index (χ3n) is 2.77. The Bertz CT molecular complexity index is 705. The minimum absolute atomic E-state index is 0.233. The minimum Gasteiger partial charge on any atom is -0.444 e. The summed E-state index contributed by atoms with van der Waals surface area (Å²) in [6, 6.07) is 9.78. The van der Waals surface area contributed by atoms with Crippen molar-refractivity contribution < 1.29 is 14.4 Å². The number of benzene rings is 1. The fourth-order valence-electron chi connectivity index (χ4n) is 1.75. The Balaban J connectivity index is 1.85. The van der Waals surface area contributed by atoms with Crippen LogP contribution in [0.1, 0.15) is 39.0 Å². The van der Waals surface area contributed by atoms with Gasteiger partial charge in [0.15, 0.2) is 11.7 Å². The van der Waals surface area contributed by atoms with Crippen LogP contribution in [0.2, 0.25) is 0 Å². The van der Waals surface area contributed by atoms with E-state index < -0.39 is 11.7 Å². The molecule has 0 radical (unpaired) electrons. The van der Waals surface area contributed by atoms with Gasteiger partial charge in [-0.3, -0.25) is 5.32 Å².